The van der Waals surface area contributed by atoms with Crippen LogP contribution in [0.3, 0.4) is 0 Å². The van der Waals surface area contributed by atoms with Crippen molar-refractivity contribution in [1.29, 1.82) is 0 Å². The highest BCUT2D eigenvalue weighted by Crippen LogP contribution is 2.28. The van der Waals surface area contributed by atoms with Gasteiger partial charge in [-0.25, -0.2) is 0 Å². The zero-order valence-electron chi connectivity index (χ0n) is 15.2. The van der Waals surface area contributed by atoms with Crippen molar-refractivity contribution in [2.24, 2.45) is 0 Å². The molecule has 26 heavy (non-hydrogen) atoms. The normalized spacial score (nSPS) is 17.2. The van der Waals surface area contributed by atoms with E-state index in [4.69, 9.17) is 4.74 Å². The molecular weight excluding hydrogens is 330 g/mol. The number of hydrogen-bond donors (Lipinski definition) is 2. The Morgan fingerprint density at radius 2 is 2.19 bits per heavy atom. The van der Waals surface area contributed by atoms with Crippen molar-refractivity contribution in [3.63, 3.8) is 0 Å². The van der Waals surface area contributed by atoms with Gasteiger partial charge in [0.15, 0.2) is 5.75 Å². The summed E-state index contributed by atoms with van der Waals surface area (Å²) in [5, 5.41) is 2.86. The third-order valence-corrected chi connectivity index (χ3v) is 4.96. The van der Waals surface area contributed by atoms with Gasteiger partial charge >= 0.3 is 0 Å². The predicted molar refractivity (Wildman–Crippen MR) is 101 cm³/mol. The molecule has 0 saturated carbocycles. The fraction of sp³-hybridized carbons (Fsp3) is 0.400. The number of hydrogen-bond acceptors (Lipinski definition) is 4. The number of amides is 1. The molecule has 1 amide bonds. The lowest BCUT2D eigenvalue weighted by Gasteiger charge is -2.17. The Morgan fingerprint density at radius 3 is 2.92 bits per heavy atom. The van der Waals surface area contributed by atoms with Gasteiger partial charge in [0, 0.05) is 31.9 Å². The summed E-state index contributed by atoms with van der Waals surface area (Å²) < 4.78 is 4.90. The van der Waals surface area contributed by atoms with E-state index in [1.54, 1.807) is 0 Å². The first-order valence-electron chi connectivity index (χ1n) is 8.91. The average molecular weight is 355 g/mol. The number of nitrogens with zero attached hydrogens (tertiary/aromatic N) is 1. The van der Waals surface area contributed by atoms with E-state index >= 15 is 0 Å². The van der Waals surface area contributed by atoms with Crippen LogP contribution in [0.1, 0.15) is 34.0 Å². The van der Waals surface area contributed by atoms with E-state index < -0.39 is 0 Å². The lowest BCUT2D eigenvalue weighted by atomic mass is 9.94. The van der Waals surface area contributed by atoms with Crippen molar-refractivity contribution < 1.29 is 9.53 Å². The fourth-order valence-corrected chi connectivity index (χ4v) is 3.51. The van der Waals surface area contributed by atoms with Gasteiger partial charge in [-0.2, -0.15) is 0 Å². The Kier molecular flexibility index (Phi) is 5.73. The van der Waals surface area contributed by atoms with Crippen LogP contribution in [0.15, 0.2) is 41.3 Å². The highest BCUT2D eigenvalue weighted by atomic mass is 16.5. The Balaban J connectivity index is 1.48. The highest BCUT2D eigenvalue weighted by molar-refractivity contribution is 5.92. The van der Waals surface area contributed by atoms with E-state index in [0.717, 1.165) is 26.1 Å². The molecule has 3 rings (SSSR count). The molecule has 0 spiro atoms. The first-order chi connectivity index (χ1) is 12.6. The summed E-state index contributed by atoms with van der Waals surface area (Å²) in [5.74, 6) is 0.477. The maximum atomic E-state index is 12.2. The van der Waals surface area contributed by atoms with Crippen LogP contribution in [0, 0.1) is 6.92 Å². The molecule has 6 heteroatoms. The van der Waals surface area contributed by atoms with Crippen LogP contribution in [0.25, 0.3) is 0 Å². The van der Waals surface area contributed by atoms with Crippen molar-refractivity contribution >= 4 is 5.91 Å². The molecule has 1 aromatic heterocycles. The number of aromatic amines is 1. The van der Waals surface area contributed by atoms with Gasteiger partial charge in [-0.3, -0.25) is 9.59 Å². The molecule has 2 N–H and O–H groups in total. The van der Waals surface area contributed by atoms with Crippen LogP contribution in [-0.2, 0) is 0 Å². The van der Waals surface area contributed by atoms with Crippen LogP contribution in [0.2, 0.25) is 0 Å². The molecule has 2 heterocycles. The summed E-state index contributed by atoms with van der Waals surface area (Å²) in [6.07, 6.45) is 2.55. The molecule has 6 nitrogen and oxygen atoms in total. The second-order valence-corrected chi connectivity index (χ2v) is 6.68. The number of methoxy groups -OCH3 is 1. The SMILES string of the molecule is COc1c[nH]c(C(=O)NCCN2CCC(c3ccccc3C)C2)cc1=O. The molecule has 1 unspecified atom stereocenters. The van der Waals surface area contributed by atoms with E-state index in [1.807, 2.05) is 0 Å². The molecule has 1 aromatic carbocycles. The number of likely N-dealkylation sites (tertiary alicyclic amines) is 1. The third-order valence-electron chi connectivity index (χ3n) is 4.96. The number of H-pyrrole nitrogens is 1. The first kappa shape index (κ1) is 18.2. The van der Waals surface area contributed by atoms with E-state index in [-0.39, 0.29) is 22.8 Å². The molecule has 1 atom stereocenters. The van der Waals surface area contributed by atoms with E-state index in [2.05, 4.69) is 46.4 Å². The molecule has 1 aliphatic rings. The third kappa shape index (κ3) is 4.14. The molecular formula is C20H25N3O3. The van der Waals surface area contributed by atoms with Gasteiger partial charge in [-0.1, -0.05) is 24.3 Å². The Hall–Kier alpha value is -2.60. The predicted octanol–water partition coefficient (Wildman–Crippen LogP) is 1.91. The number of ether oxygens (including phenoxy) is 1. The number of carbonyl (C=O) groups excluding carboxylic acids is 1. The molecule has 2 aromatic rings. The number of carbonyl (C=O) groups is 1. The summed E-state index contributed by atoms with van der Waals surface area (Å²) in [4.78, 5) is 29.0. The van der Waals surface area contributed by atoms with E-state index in [0.29, 0.717) is 12.5 Å². The molecule has 1 aliphatic heterocycles. The van der Waals surface area contributed by atoms with Crippen molar-refractivity contribution in [3.8, 4) is 5.75 Å². The van der Waals surface area contributed by atoms with Crippen molar-refractivity contribution in [2.45, 2.75) is 19.3 Å². The van der Waals surface area contributed by atoms with Crippen molar-refractivity contribution in [3.05, 3.63) is 63.6 Å². The lowest BCUT2D eigenvalue weighted by Crippen LogP contribution is -2.34. The van der Waals surface area contributed by atoms with Gasteiger partial charge in [-0.15, -0.1) is 0 Å². The molecule has 1 saturated heterocycles. The average Bonchev–Trinajstić information content (AvgIpc) is 3.10. The second-order valence-electron chi connectivity index (χ2n) is 6.68. The monoisotopic (exact) mass is 355 g/mol. The van der Waals surface area contributed by atoms with Crippen LogP contribution in [0.5, 0.6) is 5.75 Å². The summed E-state index contributed by atoms with van der Waals surface area (Å²) >= 11 is 0. The summed E-state index contributed by atoms with van der Waals surface area (Å²) in [5.41, 5.74) is 2.71. The number of nitrogens with one attached hydrogen (secondary N) is 2. The Morgan fingerprint density at radius 1 is 1.38 bits per heavy atom. The number of benzene rings is 1. The molecule has 0 bridgehead atoms. The van der Waals surface area contributed by atoms with Crippen LogP contribution in [-0.4, -0.2) is 49.1 Å². The van der Waals surface area contributed by atoms with Crippen LogP contribution in [0.4, 0.5) is 0 Å². The highest BCUT2D eigenvalue weighted by Gasteiger charge is 2.24. The number of rotatable bonds is 6. The Labute approximate surface area is 153 Å². The Bertz CT molecular complexity index is 831. The van der Waals surface area contributed by atoms with Gasteiger partial charge in [0.25, 0.3) is 5.91 Å². The minimum Gasteiger partial charge on any atom is -0.491 e. The number of aryl methyl sites for hydroxylation is 1. The van der Waals surface area contributed by atoms with Crippen LogP contribution >= 0.6 is 0 Å². The smallest absolute Gasteiger partial charge is 0.267 e. The summed E-state index contributed by atoms with van der Waals surface area (Å²) in [6.45, 7) is 5.56. The zero-order valence-corrected chi connectivity index (χ0v) is 15.2. The summed E-state index contributed by atoms with van der Waals surface area (Å²) in [7, 11) is 1.42. The minimum atomic E-state index is -0.308. The minimum absolute atomic E-state index is 0.195. The quantitative estimate of drug-likeness (QED) is 0.830. The van der Waals surface area contributed by atoms with Crippen LogP contribution < -0.4 is 15.5 Å². The molecule has 0 radical (unpaired) electrons. The van der Waals surface area contributed by atoms with Crippen molar-refractivity contribution in [1.82, 2.24) is 15.2 Å². The van der Waals surface area contributed by atoms with Gasteiger partial charge in [0.05, 0.1) is 7.11 Å². The van der Waals surface area contributed by atoms with E-state index in [9.17, 15) is 9.59 Å². The van der Waals surface area contributed by atoms with Gasteiger partial charge < -0.3 is 19.9 Å². The molecule has 1 fully saturated rings. The van der Waals surface area contributed by atoms with Crippen molar-refractivity contribution in [2.75, 3.05) is 33.3 Å². The van der Waals surface area contributed by atoms with Gasteiger partial charge in [0.1, 0.15) is 5.69 Å². The molecule has 138 valence electrons. The first-order valence-corrected chi connectivity index (χ1v) is 8.91. The standard InChI is InChI=1S/C20H25N3O3/c1-14-5-3-4-6-16(14)15-7-9-23(13-15)10-8-21-20(25)17-11-18(24)19(26-2)12-22-17/h3-6,11-12,15H,7-10,13H2,1-2H3,(H,21,25)(H,22,24). The zero-order chi connectivity index (χ0) is 18.5. The second kappa shape index (κ2) is 8.19. The fourth-order valence-electron chi connectivity index (χ4n) is 3.51. The number of aromatic nitrogens is 1. The largest absolute Gasteiger partial charge is 0.491 e. The summed E-state index contributed by atoms with van der Waals surface area (Å²) in [6, 6.07) is 9.81. The topological polar surface area (TPSA) is 74.4 Å². The molecule has 0 aliphatic carbocycles. The van der Waals surface area contributed by atoms with Gasteiger partial charge in [-0.05, 0) is 36.9 Å². The maximum absolute atomic E-state index is 12.2. The lowest BCUT2D eigenvalue weighted by molar-refractivity contribution is 0.0944. The van der Waals surface area contributed by atoms with Gasteiger partial charge in [0.2, 0.25) is 5.43 Å². The maximum Gasteiger partial charge on any atom is 0.267 e. The van der Waals surface area contributed by atoms with E-state index in [1.165, 1.54) is 30.5 Å². The number of pyridine rings is 1.